The highest BCUT2D eigenvalue weighted by Gasteiger charge is 2.20. The number of rotatable bonds is 7. The molecule has 1 fully saturated rings. The summed E-state index contributed by atoms with van der Waals surface area (Å²) in [5.41, 5.74) is 2.89. The predicted molar refractivity (Wildman–Crippen MR) is 104 cm³/mol. The van der Waals surface area contributed by atoms with Crippen molar-refractivity contribution in [2.45, 2.75) is 52.1 Å². The van der Waals surface area contributed by atoms with Crippen LogP contribution in [-0.4, -0.2) is 46.3 Å². The summed E-state index contributed by atoms with van der Waals surface area (Å²) in [6.45, 7) is 8.08. The van der Waals surface area contributed by atoms with Crippen LogP contribution in [0.5, 0.6) is 0 Å². The number of likely N-dealkylation sites (tertiary alicyclic amines) is 1. The Morgan fingerprint density at radius 3 is 2.62 bits per heavy atom. The molecule has 1 aliphatic heterocycles. The highest BCUT2D eigenvalue weighted by molar-refractivity contribution is 5.95. The van der Waals surface area contributed by atoms with Crippen molar-refractivity contribution in [3.63, 3.8) is 0 Å². The van der Waals surface area contributed by atoms with Crippen LogP contribution in [0.25, 0.3) is 0 Å². The maximum atomic E-state index is 12.8. The van der Waals surface area contributed by atoms with Crippen LogP contribution in [0.2, 0.25) is 0 Å². The van der Waals surface area contributed by atoms with Gasteiger partial charge >= 0.3 is 0 Å². The lowest BCUT2D eigenvalue weighted by Gasteiger charge is -2.29. The molecule has 0 aliphatic carbocycles. The van der Waals surface area contributed by atoms with Crippen molar-refractivity contribution in [2.24, 2.45) is 0 Å². The van der Waals surface area contributed by atoms with Crippen LogP contribution in [0.15, 0.2) is 36.5 Å². The Kier molecular flexibility index (Phi) is 6.45. The molecule has 2 aromatic rings. The van der Waals surface area contributed by atoms with Gasteiger partial charge in [-0.15, -0.1) is 0 Å². The molecule has 1 aromatic heterocycles. The third-order valence-corrected chi connectivity index (χ3v) is 5.06. The molecule has 0 spiro atoms. The third-order valence-electron chi connectivity index (χ3n) is 5.06. The van der Waals surface area contributed by atoms with E-state index in [1.165, 1.54) is 24.8 Å². The van der Waals surface area contributed by atoms with Crippen molar-refractivity contribution in [2.75, 3.05) is 19.6 Å². The topological polar surface area (TPSA) is 50.2 Å². The second-order valence-corrected chi connectivity index (χ2v) is 7.24. The summed E-state index contributed by atoms with van der Waals surface area (Å²) in [6, 6.07) is 10.4. The molecule has 5 nitrogen and oxygen atoms in total. The highest BCUT2D eigenvalue weighted by Crippen LogP contribution is 2.13. The Balaban J connectivity index is 1.63. The molecule has 1 saturated heterocycles. The molecule has 1 unspecified atom stereocenters. The van der Waals surface area contributed by atoms with E-state index >= 15 is 0 Å². The van der Waals surface area contributed by atoms with Gasteiger partial charge < -0.3 is 10.2 Å². The monoisotopic (exact) mass is 354 g/mol. The number of aromatic nitrogens is 2. The van der Waals surface area contributed by atoms with Gasteiger partial charge in [0, 0.05) is 12.6 Å². The SMILES string of the molecule is CCc1c(C(=O)NC(C)CN2CCCCC2)cnn1Cc1ccccc1. The molecule has 0 bridgehead atoms. The van der Waals surface area contributed by atoms with Gasteiger partial charge in [-0.2, -0.15) is 5.10 Å². The number of piperidine rings is 1. The number of hydrogen-bond donors (Lipinski definition) is 1. The molecule has 140 valence electrons. The minimum Gasteiger partial charge on any atom is -0.348 e. The van der Waals surface area contributed by atoms with Crippen LogP contribution in [0.4, 0.5) is 0 Å². The maximum Gasteiger partial charge on any atom is 0.255 e. The third kappa shape index (κ3) is 4.73. The zero-order chi connectivity index (χ0) is 18.4. The fourth-order valence-corrected chi connectivity index (χ4v) is 3.74. The van der Waals surface area contributed by atoms with E-state index in [9.17, 15) is 4.79 Å². The minimum absolute atomic E-state index is 0.00864. The largest absolute Gasteiger partial charge is 0.348 e. The first-order valence-electron chi connectivity index (χ1n) is 9.79. The molecule has 1 N–H and O–H groups in total. The number of hydrogen-bond acceptors (Lipinski definition) is 3. The lowest BCUT2D eigenvalue weighted by atomic mass is 10.1. The average molecular weight is 354 g/mol. The van der Waals surface area contributed by atoms with Crippen LogP contribution in [-0.2, 0) is 13.0 Å². The molecule has 5 heteroatoms. The molecule has 2 heterocycles. The van der Waals surface area contributed by atoms with Gasteiger partial charge in [0.1, 0.15) is 0 Å². The van der Waals surface area contributed by atoms with Crippen molar-refractivity contribution in [1.82, 2.24) is 20.0 Å². The molecular formula is C21H30N4O. The number of carbonyl (C=O) groups excluding carboxylic acids is 1. The summed E-state index contributed by atoms with van der Waals surface area (Å²) in [6.07, 6.45) is 6.37. The Labute approximate surface area is 156 Å². The lowest BCUT2D eigenvalue weighted by molar-refractivity contribution is 0.0924. The van der Waals surface area contributed by atoms with E-state index < -0.39 is 0 Å². The Morgan fingerprint density at radius 2 is 1.92 bits per heavy atom. The zero-order valence-corrected chi connectivity index (χ0v) is 15.9. The van der Waals surface area contributed by atoms with Crippen molar-refractivity contribution in [3.8, 4) is 0 Å². The first-order chi connectivity index (χ1) is 12.7. The fourth-order valence-electron chi connectivity index (χ4n) is 3.74. The van der Waals surface area contributed by atoms with Crippen molar-refractivity contribution in [3.05, 3.63) is 53.3 Å². The fraction of sp³-hybridized carbons (Fsp3) is 0.524. The Bertz CT molecular complexity index is 704. The van der Waals surface area contributed by atoms with Crippen molar-refractivity contribution in [1.29, 1.82) is 0 Å². The van der Waals surface area contributed by atoms with E-state index in [0.29, 0.717) is 12.1 Å². The number of benzene rings is 1. The average Bonchev–Trinajstić information content (AvgIpc) is 3.06. The Morgan fingerprint density at radius 1 is 1.19 bits per heavy atom. The number of amides is 1. The van der Waals surface area contributed by atoms with Crippen LogP contribution in [0, 0.1) is 0 Å². The maximum absolute atomic E-state index is 12.8. The van der Waals surface area contributed by atoms with E-state index in [4.69, 9.17) is 0 Å². The molecule has 0 radical (unpaired) electrons. The van der Waals surface area contributed by atoms with Crippen molar-refractivity contribution >= 4 is 5.91 Å². The van der Waals surface area contributed by atoms with E-state index in [1.807, 2.05) is 22.9 Å². The van der Waals surface area contributed by atoms with E-state index in [1.54, 1.807) is 6.20 Å². The smallest absolute Gasteiger partial charge is 0.255 e. The van der Waals surface area contributed by atoms with Crippen LogP contribution in [0.1, 0.15) is 54.7 Å². The molecule has 1 amide bonds. The van der Waals surface area contributed by atoms with E-state index in [2.05, 4.69) is 41.3 Å². The lowest BCUT2D eigenvalue weighted by Crippen LogP contribution is -2.43. The second kappa shape index (κ2) is 8.99. The highest BCUT2D eigenvalue weighted by atomic mass is 16.1. The van der Waals surface area contributed by atoms with Gasteiger partial charge in [0.15, 0.2) is 0 Å². The molecule has 1 atom stereocenters. The van der Waals surface area contributed by atoms with Crippen LogP contribution < -0.4 is 5.32 Å². The van der Waals surface area contributed by atoms with Gasteiger partial charge in [-0.1, -0.05) is 43.7 Å². The summed E-state index contributed by atoms with van der Waals surface area (Å²) < 4.78 is 1.94. The summed E-state index contributed by atoms with van der Waals surface area (Å²) in [5.74, 6) is -0.00864. The Hall–Kier alpha value is -2.14. The molecule has 1 aromatic carbocycles. The summed E-state index contributed by atoms with van der Waals surface area (Å²) in [5, 5.41) is 7.63. The summed E-state index contributed by atoms with van der Waals surface area (Å²) in [4.78, 5) is 15.2. The van der Waals surface area contributed by atoms with E-state index in [-0.39, 0.29) is 11.9 Å². The predicted octanol–water partition coefficient (Wildman–Crippen LogP) is 3.10. The quantitative estimate of drug-likeness (QED) is 0.831. The van der Waals surface area contributed by atoms with Gasteiger partial charge in [0.05, 0.1) is 24.0 Å². The summed E-state index contributed by atoms with van der Waals surface area (Å²) in [7, 11) is 0. The summed E-state index contributed by atoms with van der Waals surface area (Å²) >= 11 is 0. The minimum atomic E-state index is -0.00864. The van der Waals surface area contributed by atoms with Gasteiger partial charge in [0.2, 0.25) is 0 Å². The molecule has 26 heavy (non-hydrogen) atoms. The second-order valence-electron chi connectivity index (χ2n) is 7.24. The van der Waals surface area contributed by atoms with E-state index in [0.717, 1.165) is 31.7 Å². The first-order valence-corrected chi connectivity index (χ1v) is 9.79. The van der Waals surface area contributed by atoms with Gasteiger partial charge in [0.25, 0.3) is 5.91 Å². The van der Waals surface area contributed by atoms with Gasteiger partial charge in [-0.25, -0.2) is 0 Å². The number of nitrogens with one attached hydrogen (secondary N) is 1. The number of carbonyl (C=O) groups is 1. The molecular weight excluding hydrogens is 324 g/mol. The van der Waals surface area contributed by atoms with Crippen molar-refractivity contribution < 1.29 is 4.79 Å². The normalized spacial score (nSPS) is 16.4. The van der Waals surface area contributed by atoms with Gasteiger partial charge in [-0.05, 0) is 44.8 Å². The van der Waals surface area contributed by atoms with Crippen LogP contribution >= 0.6 is 0 Å². The van der Waals surface area contributed by atoms with Gasteiger partial charge in [-0.3, -0.25) is 9.48 Å². The first kappa shape index (κ1) is 18.6. The molecule has 1 aliphatic rings. The van der Waals surface area contributed by atoms with Crippen LogP contribution in [0.3, 0.4) is 0 Å². The zero-order valence-electron chi connectivity index (χ0n) is 15.9. The molecule has 3 rings (SSSR count). The molecule has 0 saturated carbocycles. The standard InChI is InChI=1S/C21H30N4O/c1-3-20-19(14-22-25(20)16-18-10-6-4-7-11-18)21(26)23-17(2)15-24-12-8-5-9-13-24/h4,6-7,10-11,14,17H,3,5,8-9,12-13,15-16H2,1-2H3,(H,23,26). The number of nitrogens with zero attached hydrogens (tertiary/aromatic N) is 3.